The van der Waals surface area contributed by atoms with E-state index in [0.717, 1.165) is 22.5 Å². The average molecular weight is 380 g/mol. The third-order valence-electron chi connectivity index (χ3n) is 3.78. The molecule has 3 rings (SSSR count). The molecule has 2 aromatic carbocycles. The summed E-state index contributed by atoms with van der Waals surface area (Å²) >= 11 is 1.09. The first-order chi connectivity index (χ1) is 13.1. The quantitative estimate of drug-likeness (QED) is 0.624. The third-order valence-corrected chi connectivity index (χ3v) is 4.78. The Morgan fingerprint density at radius 2 is 1.93 bits per heavy atom. The van der Waals surface area contributed by atoms with Crippen molar-refractivity contribution < 1.29 is 19.4 Å². The van der Waals surface area contributed by atoms with Gasteiger partial charge in [0.1, 0.15) is 5.01 Å². The van der Waals surface area contributed by atoms with Crippen LogP contribution in [0.15, 0.2) is 48.5 Å². The maximum atomic E-state index is 11.5. The summed E-state index contributed by atoms with van der Waals surface area (Å²) in [4.78, 5) is 16.0. The fourth-order valence-corrected chi connectivity index (χ4v) is 3.39. The van der Waals surface area contributed by atoms with Gasteiger partial charge < -0.3 is 19.4 Å². The molecule has 5 nitrogen and oxygen atoms in total. The van der Waals surface area contributed by atoms with E-state index in [-0.39, 0.29) is 4.88 Å². The van der Waals surface area contributed by atoms with Crippen LogP contribution in [-0.4, -0.2) is 24.7 Å². The second kappa shape index (κ2) is 8.51. The van der Waals surface area contributed by atoms with Crippen molar-refractivity contribution in [2.24, 2.45) is 0 Å². The molecule has 3 aromatic rings. The molecule has 138 valence electrons. The first-order valence-corrected chi connectivity index (χ1v) is 9.20. The van der Waals surface area contributed by atoms with E-state index in [9.17, 15) is 9.90 Å². The first kappa shape index (κ1) is 18.7. The van der Waals surface area contributed by atoms with Crippen LogP contribution in [0.5, 0.6) is 11.5 Å². The lowest BCUT2D eigenvalue weighted by Crippen LogP contribution is -2.21. The zero-order valence-corrected chi connectivity index (χ0v) is 15.8. The van der Waals surface area contributed by atoms with Crippen LogP contribution in [0.25, 0.3) is 23.4 Å². The molecule has 0 saturated carbocycles. The molecule has 0 aliphatic rings. The number of rotatable bonds is 7. The predicted molar refractivity (Wildman–Crippen MR) is 105 cm³/mol. The van der Waals surface area contributed by atoms with Crippen molar-refractivity contribution in [3.63, 3.8) is 0 Å². The molecule has 0 bridgehead atoms. The smallest absolute Gasteiger partial charge is 0.161 e. The maximum Gasteiger partial charge on any atom is 0.161 e. The van der Waals surface area contributed by atoms with E-state index in [4.69, 9.17) is 9.47 Å². The van der Waals surface area contributed by atoms with Crippen LogP contribution in [0.3, 0.4) is 0 Å². The molecule has 0 aliphatic heterocycles. The van der Waals surface area contributed by atoms with Gasteiger partial charge in [0.2, 0.25) is 0 Å². The zero-order chi connectivity index (χ0) is 19.2. The number of thiazole rings is 1. The summed E-state index contributed by atoms with van der Waals surface area (Å²) in [7, 11) is 1.59. The Bertz CT molecular complexity index is 964. The van der Waals surface area contributed by atoms with E-state index < -0.39 is 5.97 Å². The van der Waals surface area contributed by atoms with Crippen LogP contribution in [-0.2, 0) is 0 Å². The molecular formula is C21H18NO4S-. The van der Waals surface area contributed by atoms with Gasteiger partial charge in [-0.1, -0.05) is 42.5 Å². The van der Waals surface area contributed by atoms with Crippen LogP contribution in [0.4, 0.5) is 0 Å². The summed E-state index contributed by atoms with van der Waals surface area (Å²) in [5.41, 5.74) is 2.06. The number of carbonyl (C=O) groups is 1. The summed E-state index contributed by atoms with van der Waals surface area (Å²) in [6, 6.07) is 14.8. The van der Waals surface area contributed by atoms with Crippen LogP contribution in [0.2, 0.25) is 0 Å². The highest BCUT2D eigenvalue weighted by Gasteiger charge is 2.12. The fraction of sp³-hybridized carbons (Fsp3) is 0.143. The minimum atomic E-state index is -1.23. The number of benzene rings is 2. The number of hydrogen-bond acceptors (Lipinski definition) is 6. The van der Waals surface area contributed by atoms with Crippen molar-refractivity contribution in [2.45, 2.75) is 6.92 Å². The molecule has 0 radical (unpaired) electrons. The molecule has 0 N–H and O–H groups in total. The number of carboxylic acid groups (broad SMARTS) is 1. The van der Waals surface area contributed by atoms with E-state index in [1.807, 2.05) is 61.5 Å². The van der Waals surface area contributed by atoms with Crippen molar-refractivity contribution in [1.82, 2.24) is 4.98 Å². The van der Waals surface area contributed by atoms with E-state index in [0.29, 0.717) is 28.8 Å². The molecular weight excluding hydrogens is 362 g/mol. The lowest BCUT2D eigenvalue weighted by molar-refractivity contribution is -0.254. The molecule has 0 fully saturated rings. The maximum absolute atomic E-state index is 11.5. The van der Waals surface area contributed by atoms with E-state index in [1.54, 1.807) is 13.2 Å². The number of hydrogen-bond donors (Lipinski definition) is 0. The average Bonchev–Trinajstić information content (AvgIpc) is 3.13. The molecule has 0 amide bonds. The summed E-state index contributed by atoms with van der Waals surface area (Å²) in [6.07, 6.45) is 3.63. The number of aromatic nitrogens is 1. The zero-order valence-electron chi connectivity index (χ0n) is 15.0. The Labute approximate surface area is 161 Å². The third kappa shape index (κ3) is 4.35. The van der Waals surface area contributed by atoms with E-state index >= 15 is 0 Å². The lowest BCUT2D eigenvalue weighted by Gasteiger charge is -2.09. The molecule has 6 heteroatoms. The van der Waals surface area contributed by atoms with Crippen molar-refractivity contribution >= 4 is 29.5 Å². The Morgan fingerprint density at radius 3 is 2.59 bits per heavy atom. The summed E-state index contributed by atoms with van der Waals surface area (Å²) in [5, 5.41) is 12.1. The van der Waals surface area contributed by atoms with Gasteiger partial charge in [-0.05, 0) is 30.7 Å². The van der Waals surface area contributed by atoms with Gasteiger partial charge >= 0.3 is 0 Å². The largest absolute Gasteiger partial charge is 0.544 e. The highest BCUT2D eigenvalue weighted by molar-refractivity contribution is 7.14. The number of aromatic carboxylic acids is 1. The van der Waals surface area contributed by atoms with Crippen molar-refractivity contribution in [3.05, 3.63) is 64.0 Å². The molecule has 27 heavy (non-hydrogen) atoms. The number of nitrogens with zero attached hydrogens (tertiary/aromatic N) is 1. The minimum absolute atomic E-state index is 0.116. The normalized spacial score (nSPS) is 10.9. The predicted octanol–water partition coefficient (Wildman–Crippen LogP) is 3.75. The van der Waals surface area contributed by atoms with Gasteiger partial charge in [0.05, 0.1) is 30.3 Å². The Balaban J connectivity index is 1.91. The van der Waals surface area contributed by atoms with Gasteiger partial charge in [-0.15, -0.1) is 11.3 Å². The monoisotopic (exact) mass is 380 g/mol. The minimum Gasteiger partial charge on any atom is -0.544 e. The molecule has 1 aromatic heterocycles. The SMILES string of the molecule is CCOc1ccc(/C=C/c2nc(-c3ccccc3)c(C(=O)[O-])s2)cc1OC. The van der Waals surface area contributed by atoms with E-state index in [2.05, 4.69) is 4.98 Å². The van der Waals surface area contributed by atoms with Gasteiger partial charge in [0, 0.05) is 5.56 Å². The summed E-state index contributed by atoms with van der Waals surface area (Å²) < 4.78 is 10.9. The molecule has 0 aliphatic carbocycles. The Hall–Kier alpha value is -3.12. The van der Waals surface area contributed by atoms with Crippen molar-refractivity contribution in [1.29, 1.82) is 0 Å². The molecule has 0 atom stereocenters. The lowest BCUT2D eigenvalue weighted by atomic mass is 10.1. The first-order valence-electron chi connectivity index (χ1n) is 8.39. The molecule has 0 saturated heterocycles. The Kier molecular flexibility index (Phi) is 5.88. The molecule has 0 unspecified atom stereocenters. The second-order valence-corrected chi connectivity index (χ2v) is 6.59. The molecule has 1 heterocycles. The van der Waals surface area contributed by atoms with Gasteiger partial charge in [-0.3, -0.25) is 0 Å². The Morgan fingerprint density at radius 1 is 1.15 bits per heavy atom. The van der Waals surface area contributed by atoms with Crippen LogP contribution in [0.1, 0.15) is 27.2 Å². The fourth-order valence-electron chi connectivity index (χ4n) is 2.57. The topological polar surface area (TPSA) is 71.5 Å². The van der Waals surface area contributed by atoms with E-state index in [1.165, 1.54) is 0 Å². The van der Waals surface area contributed by atoms with Gasteiger partial charge in [0.25, 0.3) is 0 Å². The summed E-state index contributed by atoms with van der Waals surface area (Å²) in [5.74, 6) is 0.0873. The van der Waals surface area contributed by atoms with Crippen molar-refractivity contribution in [3.8, 4) is 22.8 Å². The standard InChI is InChI=1S/C21H19NO4S/c1-3-26-16-11-9-14(13-17(16)25-2)10-12-18-22-19(20(27-18)21(23)24)15-7-5-4-6-8-15/h4-13H,3H2,1-2H3,(H,23,24)/p-1/b12-10+. The van der Waals surface area contributed by atoms with Crippen LogP contribution < -0.4 is 14.6 Å². The number of carbonyl (C=O) groups excluding carboxylic acids is 1. The number of methoxy groups -OCH3 is 1. The highest BCUT2D eigenvalue weighted by atomic mass is 32.1. The van der Waals surface area contributed by atoms with Crippen LogP contribution in [0, 0.1) is 0 Å². The number of carboxylic acids is 1. The van der Waals surface area contributed by atoms with Gasteiger partial charge in [-0.25, -0.2) is 4.98 Å². The van der Waals surface area contributed by atoms with Gasteiger partial charge in [-0.2, -0.15) is 0 Å². The van der Waals surface area contributed by atoms with Crippen LogP contribution >= 0.6 is 11.3 Å². The second-order valence-electron chi connectivity index (χ2n) is 5.56. The van der Waals surface area contributed by atoms with Gasteiger partial charge in [0.15, 0.2) is 11.5 Å². The molecule has 0 spiro atoms. The highest BCUT2D eigenvalue weighted by Crippen LogP contribution is 2.31. The van der Waals surface area contributed by atoms with Crippen molar-refractivity contribution in [2.75, 3.05) is 13.7 Å². The number of ether oxygens (including phenoxy) is 2. The summed E-state index contributed by atoms with van der Waals surface area (Å²) in [6.45, 7) is 2.47.